The molecule has 0 amide bonds. The lowest BCUT2D eigenvalue weighted by molar-refractivity contribution is 0.626. The Bertz CT molecular complexity index is 629. The van der Waals surface area contributed by atoms with Crippen molar-refractivity contribution in [2.75, 3.05) is 6.54 Å². The van der Waals surface area contributed by atoms with Crippen molar-refractivity contribution in [3.05, 3.63) is 35.1 Å². The Morgan fingerprint density at radius 2 is 2.26 bits per heavy atom. The second-order valence-corrected chi connectivity index (χ2v) is 4.67. The second-order valence-electron chi connectivity index (χ2n) is 3.73. The monoisotopic (exact) mass is 277 g/mol. The van der Waals surface area contributed by atoms with Crippen LogP contribution < -0.4 is 5.73 Å². The number of nitrogens with two attached hydrogens (primary N) is 1. The van der Waals surface area contributed by atoms with Gasteiger partial charge in [0.2, 0.25) is 5.16 Å². The zero-order valence-corrected chi connectivity index (χ0v) is 11.1. The third-order valence-electron chi connectivity index (χ3n) is 2.24. The van der Waals surface area contributed by atoms with Gasteiger partial charge in [-0.1, -0.05) is 23.6 Å². The first-order valence-corrected chi connectivity index (χ1v) is 6.51. The first-order valence-electron chi connectivity index (χ1n) is 5.52. The van der Waals surface area contributed by atoms with Gasteiger partial charge < -0.3 is 5.73 Å². The van der Waals surface area contributed by atoms with Gasteiger partial charge >= 0.3 is 0 Å². The molecular formula is C12H12FN5S. The van der Waals surface area contributed by atoms with Gasteiger partial charge in [-0.05, 0) is 34.2 Å². The summed E-state index contributed by atoms with van der Waals surface area (Å²) in [6, 6.07) is 4.70. The van der Waals surface area contributed by atoms with Gasteiger partial charge in [-0.15, -0.1) is 5.10 Å². The number of thioether (sulfide) groups is 1. The summed E-state index contributed by atoms with van der Waals surface area (Å²) in [7, 11) is 1.76. The zero-order chi connectivity index (χ0) is 13.7. The predicted octanol–water partition coefficient (Wildman–Crippen LogP) is 0.952. The fourth-order valence-electron chi connectivity index (χ4n) is 1.45. The van der Waals surface area contributed by atoms with Crippen molar-refractivity contribution in [2.45, 2.75) is 10.9 Å². The normalized spacial score (nSPS) is 10.1. The highest BCUT2D eigenvalue weighted by atomic mass is 32.2. The van der Waals surface area contributed by atoms with Crippen molar-refractivity contribution >= 4 is 11.8 Å². The van der Waals surface area contributed by atoms with Gasteiger partial charge in [0.15, 0.2) is 0 Å². The Labute approximate surface area is 114 Å². The minimum absolute atomic E-state index is 0.255. The Morgan fingerprint density at radius 3 is 2.95 bits per heavy atom. The molecule has 0 fully saturated rings. The molecule has 2 rings (SSSR count). The molecule has 0 aliphatic rings. The van der Waals surface area contributed by atoms with E-state index in [2.05, 4.69) is 27.4 Å². The van der Waals surface area contributed by atoms with E-state index >= 15 is 0 Å². The van der Waals surface area contributed by atoms with Gasteiger partial charge in [0.05, 0.1) is 6.54 Å². The minimum atomic E-state index is -0.310. The molecular weight excluding hydrogens is 265 g/mol. The molecule has 0 spiro atoms. The maximum atomic E-state index is 13.4. The van der Waals surface area contributed by atoms with E-state index in [1.807, 2.05) is 6.07 Å². The van der Waals surface area contributed by atoms with Crippen LogP contribution in [0.4, 0.5) is 4.39 Å². The van der Waals surface area contributed by atoms with Crippen molar-refractivity contribution in [3.8, 4) is 11.8 Å². The molecule has 1 aromatic carbocycles. The van der Waals surface area contributed by atoms with Gasteiger partial charge in [-0.2, -0.15) is 0 Å². The summed E-state index contributed by atoms with van der Waals surface area (Å²) in [5.74, 6) is 5.79. The van der Waals surface area contributed by atoms with Crippen LogP contribution in [0.5, 0.6) is 0 Å². The lowest BCUT2D eigenvalue weighted by atomic mass is 10.1. The average Bonchev–Trinajstić information content (AvgIpc) is 2.79. The lowest BCUT2D eigenvalue weighted by Crippen LogP contribution is -1.95. The lowest BCUT2D eigenvalue weighted by Gasteiger charge is -2.02. The molecule has 1 heterocycles. The number of hydrogen-bond acceptors (Lipinski definition) is 5. The van der Waals surface area contributed by atoms with Crippen molar-refractivity contribution in [2.24, 2.45) is 12.8 Å². The molecule has 0 aliphatic carbocycles. The number of halogens is 1. The van der Waals surface area contributed by atoms with Crippen molar-refractivity contribution in [3.63, 3.8) is 0 Å². The van der Waals surface area contributed by atoms with Gasteiger partial charge in [-0.25, -0.2) is 9.07 Å². The van der Waals surface area contributed by atoms with Gasteiger partial charge in [0.1, 0.15) is 5.82 Å². The molecule has 0 unspecified atom stereocenters. The molecule has 1 aromatic heterocycles. The van der Waals surface area contributed by atoms with E-state index in [4.69, 9.17) is 5.73 Å². The highest BCUT2D eigenvalue weighted by Crippen LogP contribution is 2.20. The molecule has 2 N–H and O–H groups in total. The maximum Gasteiger partial charge on any atom is 0.209 e. The van der Waals surface area contributed by atoms with Crippen LogP contribution in [-0.4, -0.2) is 26.8 Å². The average molecular weight is 277 g/mol. The summed E-state index contributed by atoms with van der Waals surface area (Å²) in [5, 5.41) is 11.8. The highest BCUT2D eigenvalue weighted by molar-refractivity contribution is 7.98. The van der Waals surface area contributed by atoms with Crippen LogP contribution in [0.25, 0.3) is 0 Å². The largest absolute Gasteiger partial charge is 0.320 e. The van der Waals surface area contributed by atoms with E-state index in [-0.39, 0.29) is 12.4 Å². The van der Waals surface area contributed by atoms with Crippen LogP contribution in [0.1, 0.15) is 11.1 Å². The van der Waals surface area contributed by atoms with E-state index in [0.717, 1.165) is 5.56 Å². The van der Waals surface area contributed by atoms with Gasteiger partial charge in [0.25, 0.3) is 0 Å². The molecule has 5 nitrogen and oxygen atoms in total. The number of benzene rings is 1. The molecule has 0 radical (unpaired) electrons. The fourth-order valence-corrected chi connectivity index (χ4v) is 2.23. The number of tetrazole rings is 1. The van der Waals surface area contributed by atoms with Crippen LogP contribution in [0.2, 0.25) is 0 Å². The Kier molecular flexibility index (Phi) is 4.49. The predicted molar refractivity (Wildman–Crippen MR) is 70.7 cm³/mol. The summed E-state index contributed by atoms with van der Waals surface area (Å²) in [5.41, 5.74) is 6.75. The van der Waals surface area contributed by atoms with Crippen molar-refractivity contribution in [1.82, 2.24) is 20.2 Å². The molecule has 0 saturated carbocycles. The van der Waals surface area contributed by atoms with Crippen LogP contribution >= 0.6 is 11.8 Å². The van der Waals surface area contributed by atoms with Crippen molar-refractivity contribution in [1.29, 1.82) is 0 Å². The summed E-state index contributed by atoms with van der Waals surface area (Å²) < 4.78 is 15.0. The highest BCUT2D eigenvalue weighted by Gasteiger charge is 2.05. The molecule has 2 aromatic rings. The minimum Gasteiger partial charge on any atom is -0.320 e. The SMILES string of the molecule is Cn1nnnc1SCc1cc(F)cc(C#CCN)c1. The summed E-state index contributed by atoms with van der Waals surface area (Å²) >= 11 is 1.44. The number of hydrogen-bond donors (Lipinski definition) is 1. The number of rotatable bonds is 3. The molecule has 0 aliphatic heterocycles. The first-order chi connectivity index (χ1) is 9.19. The van der Waals surface area contributed by atoms with E-state index in [0.29, 0.717) is 16.5 Å². The summed E-state index contributed by atoms with van der Waals surface area (Å²) in [6.45, 7) is 0.255. The van der Waals surface area contributed by atoms with Crippen LogP contribution in [-0.2, 0) is 12.8 Å². The molecule has 0 bridgehead atoms. The standard InChI is InChI=1S/C12H12FN5S/c1-18-12(15-16-17-18)19-8-10-5-9(3-2-4-14)6-11(13)7-10/h5-7H,4,8,14H2,1H3. The summed E-state index contributed by atoms with van der Waals surface area (Å²) in [6.07, 6.45) is 0. The van der Waals surface area contributed by atoms with Gasteiger partial charge in [0, 0.05) is 18.4 Å². The van der Waals surface area contributed by atoms with Crippen LogP contribution in [0, 0.1) is 17.7 Å². The Balaban J connectivity index is 2.12. The first kappa shape index (κ1) is 13.5. The van der Waals surface area contributed by atoms with Crippen LogP contribution in [0.15, 0.2) is 23.4 Å². The fraction of sp³-hybridized carbons (Fsp3) is 0.250. The van der Waals surface area contributed by atoms with E-state index in [1.54, 1.807) is 11.7 Å². The molecule has 0 atom stereocenters. The number of aryl methyl sites for hydroxylation is 1. The Hall–Kier alpha value is -1.91. The zero-order valence-electron chi connectivity index (χ0n) is 10.3. The smallest absolute Gasteiger partial charge is 0.209 e. The van der Waals surface area contributed by atoms with E-state index in [9.17, 15) is 4.39 Å². The third kappa shape index (κ3) is 3.77. The molecule has 98 valence electrons. The molecule has 0 saturated heterocycles. The van der Waals surface area contributed by atoms with E-state index < -0.39 is 0 Å². The van der Waals surface area contributed by atoms with Crippen LogP contribution in [0.3, 0.4) is 0 Å². The number of nitrogens with zero attached hydrogens (tertiary/aromatic N) is 4. The van der Waals surface area contributed by atoms with Crippen molar-refractivity contribution < 1.29 is 4.39 Å². The molecule has 19 heavy (non-hydrogen) atoms. The Morgan fingerprint density at radius 1 is 1.42 bits per heavy atom. The topological polar surface area (TPSA) is 69.6 Å². The maximum absolute atomic E-state index is 13.4. The second kappa shape index (κ2) is 6.31. The summed E-state index contributed by atoms with van der Waals surface area (Å²) in [4.78, 5) is 0. The quantitative estimate of drug-likeness (QED) is 0.668. The van der Waals surface area contributed by atoms with Gasteiger partial charge in [-0.3, -0.25) is 0 Å². The molecule has 7 heteroatoms. The van der Waals surface area contributed by atoms with E-state index in [1.165, 1.54) is 23.9 Å². The number of aromatic nitrogens is 4. The third-order valence-corrected chi connectivity index (χ3v) is 3.32.